The molecule has 3 rings (SSSR count). The molecule has 0 saturated carbocycles. The van der Waals surface area contributed by atoms with E-state index in [0.717, 1.165) is 27.9 Å². The Labute approximate surface area is 201 Å². The Morgan fingerprint density at radius 3 is 2.42 bits per heavy atom. The van der Waals surface area contributed by atoms with E-state index in [1.807, 2.05) is 48.5 Å². The lowest BCUT2D eigenvalue weighted by Crippen LogP contribution is -2.09. The molecule has 0 aliphatic carbocycles. The van der Waals surface area contributed by atoms with Gasteiger partial charge in [0.05, 0.1) is 11.3 Å². The summed E-state index contributed by atoms with van der Waals surface area (Å²) in [4.78, 5) is 11.6. The minimum Gasteiger partial charge on any atom is -0.480 e. The van der Waals surface area contributed by atoms with Crippen molar-refractivity contribution in [3.05, 3.63) is 95.0 Å². The number of benzene rings is 3. The molecule has 0 atom stereocenters. The van der Waals surface area contributed by atoms with Crippen molar-refractivity contribution in [1.82, 2.24) is 0 Å². The number of carboxylic acid groups (broad SMARTS) is 1. The summed E-state index contributed by atoms with van der Waals surface area (Å²) in [5.74, 6) is 0.0847. The molecule has 0 aromatic heterocycles. The van der Waals surface area contributed by atoms with Crippen LogP contribution in [-0.2, 0) is 14.9 Å². The van der Waals surface area contributed by atoms with Crippen LogP contribution in [0.4, 0.5) is 0 Å². The van der Waals surface area contributed by atoms with Crippen LogP contribution >= 0.6 is 23.4 Å². The van der Waals surface area contributed by atoms with Crippen LogP contribution in [0.15, 0.2) is 83.8 Å². The number of ether oxygens (including phenoxy) is 1. The number of hydrogen-bond acceptors (Lipinski definition) is 6. The highest BCUT2D eigenvalue weighted by Gasteiger charge is 2.10. The van der Waals surface area contributed by atoms with Gasteiger partial charge in [0.1, 0.15) is 11.5 Å². The SMILES string of the molecule is CS(=O)(=O)Oc1cccc(C(=CCSc2ccc(OCC(=O)O)c(Cl)c2)c2ccccc2)c1. The van der Waals surface area contributed by atoms with Crippen LogP contribution in [0.1, 0.15) is 11.1 Å². The number of rotatable bonds is 10. The first-order valence-electron chi connectivity index (χ1n) is 9.74. The van der Waals surface area contributed by atoms with Crippen molar-refractivity contribution in [3.63, 3.8) is 0 Å². The number of halogens is 1. The zero-order chi connectivity index (χ0) is 23.8. The van der Waals surface area contributed by atoms with Crippen molar-refractivity contribution < 1.29 is 27.2 Å². The molecule has 0 fully saturated rings. The molecule has 33 heavy (non-hydrogen) atoms. The van der Waals surface area contributed by atoms with Crippen LogP contribution in [0.5, 0.6) is 11.5 Å². The van der Waals surface area contributed by atoms with E-state index < -0.39 is 22.7 Å². The lowest BCUT2D eigenvalue weighted by molar-refractivity contribution is -0.139. The number of aliphatic carboxylic acids is 1. The third-order valence-electron chi connectivity index (χ3n) is 4.27. The highest BCUT2D eigenvalue weighted by atomic mass is 35.5. The van der Waals surface area contributed by atoms with Crippen molar-refractivity contribution in [2.75, 3.05) is 18.6 Å². The molecular formula is C24H21ClO6S2. The average molecular weight is 505 g/mol. The molecule has 6 nitrogen and oxygen atoms in total. The van der Waals surface area contributed by atoms with Gasteiger partial charge < -0.3 is 14.0 Å². The molecule has 0 aliphatic rings. The summed E-state index contributed by atoms with van der Waals surface area (Å²) in [7, 11) is -3.63. The summed E-state index contributed by atoms with van der Waals surface area (Å²) in [5.41, 5.74) is 2.72. The van der Waals surface area contributed by atoms with Gasteiger partial charge in [0.25, 0.3) is 0 Å². The third-order valence-corrected chi connectivity index (χ3v) is 5.98. The van der Waals surface area contributed by atoms with Crippen LogP contribution in [0.3, 0.4) is 0 Å². The molecule has 0 saturated heterocycles. The van der Waals surface area contributed by atoms with Gasteiger partial charge in [-0.2, -0.15) is 8.42 Å². The fourth-order valence-corrected chi connectivity index (χ4v) is 4.52. The molecule has 1 N–H and O–H groups in total. The van der Waals surface area contributed by atoms with Crippen molar-refractivity contribution >= 4 is 45.0 Å². The highest BCUT2D eigenvalue weighted by molar-refractivity contribution is 7.99. The maximum Gasteiger partial charge on any atom is 0.341 e. The summed E-state index contributed by atoms with van der Waals surface area (Å²) in [6, 6.07) is 21.8. The first-order valence-corrected chi connectivity index (χ1v) is 12.9. The molecule has 0 bridgehead atoms. The van der Waals surface area contributed by atoms with Gasteiger partial charge in [-0.1, -0.05) is 60.1 Å². The van der Waals surface area contributed by atoms with Gasteiger partial charge >= 0.3 is 16.1 Å². The standard InChI is InChI=1S/C24H21ClO6S2/c1-33(28,29)31-19-9-5-8-18(14-19)21(17-6-3-2-4-7-17)12-13-32-20-10-11-23(22(25)15-20)30-16-24(26)27/h2-12,14-15H,13,16H2,1H3,(H,26,27). The summed E-state index contributed by atoms with van der Waals surface area (Å²) in [6.45, 7) is -0.461. The van der Waals surface area contributed by atoms with E-state index in [1.54, 1.807) is 30.3 Å². The lowest BCUT2D eigenvalue weighted by atomic mass is 9.98. The monoisotopic (exact) mass is 504 g/mol. The second-order valence-electron chi connectivity index (χ2n) is 6.88. The van der Waals surface area contributed by atoms with Gasteiger partial charge in [-0.3, -0.25) is 0 Å². The van der Waals surface area contributed by atoms with E-state index in [2.05, 4.69) is 0 Å². The minimum atomic E-state index is -3.63. The van der Waals surface area contributed by atoms with Crippen LogP contribution < -0.4 is 8.92 Å². The van der Waals surface area contributed by atoms with E-state index in [1.165, 1.54) is 11.8 Å². The largest absolute Gasteiger partial charge is 0.480 e. The number of thioether (sulfide) groups is 1. The zero-order valence-corrected chi connectivity index (χ0v) is 20.0. The summed E-state index contributed by atoms with van der Waals surface area (Å²) in [5, 5.41) is 9.07. The second kappa shape index (κ2) is 11.3. The molecule has 0 spiro atoms. The first kappa shape index (κ1) is 24.7. The Balaban J connectivity index is 1.82. The van der Waals surface area contributed by atoms with Crippen LogP contribution in [0.25, 0.3) is 5.57 Å². The predicted molar refractivity (Wildman–Crippen MR) is 131 cm³/mol. The zero-order valence-electron chi connectivity index (χ0n) is 17.6. The number of hydrogen-bond donors (Lipinski definition) is 1. The predicted octanol–water partition coefficient (Wildman–Crippen LogP) is 5.37. The Hall–Kier alpha value is -2.94. The lowest BCUT2D eigenvalue weighted by Gasteiger charge is -2.11. The minimum absolute atomic E-state index is 0.244. The molecule has 0 amide bonds. The van der Waals surface area contributed by atoms with Crippen molar-refractivity contribution in [2.24, 2.45) is 0 Å². The quantitative estimate of drug-likeness (QED) is 0.293. The Kier molecular flexibility index (Phi) is 8.43. The van der Waals surface area contributed by atoms with Gasteiger partial charge in [-0.05, 0) is 47.0 Å². The summed E-state index contributed by atoms with van der Waals surface area (Å²) in [6.07, 6.45) is 3.05. The molecule has 0 radical (unpaired) electrons. The average Bonchev–Trinajstić information content (AvgIpc) is 2.75. The van der Waals surface area contributed by atoms with Crippen molar-refractivity contribution in [1.29, 1.82) is 0 Å². The molecule has 3 aromatic carbocycles. The van der Waals surface area contributed by atoms with Gasteiger partial charge in [0.2, 0.25) is 0 Å². The molecule has 172 valence electrons. The Morgan fingerprint density at radius 1 is 1.03 bits per heavy atom. The number of carbonyl (C=O) groups is 1. The number of carboxylic acids is 1. The molecule has 0 aliphatic heterocycles. The topological polar surface area (TPSA) is 89.9 Å². The van der Waals surface area contributed by atoms with Crippen molar-refractivity contribution in [3.8, 4) is 11.5 Å². The van der Waals surface area contributed by atoms with E-state index in [-0.39, 0.29) is 5.75 Å². The second-order valence-corrected chi connectivity index (χ2v) is 9.96. The van der Waals surface area contributed by atoms with Crippen molar-refractivity contribution in [2.45, 2.75) is 4.90 Å². The van der Waals surface area contributed by atoms with E-state index in [0.29, 0.717) is 16.5 Å². The molecule has 0 unspecified atom stereocenters. The van der Waals surface area contributed by atoms with Crippen LogP contribution in [0, 0.1) is 0 Å². The van der Waals surface area contributed by atoms with Gasteiger partial charge in [0.15, 0.2) is 6.61 Å². The molecule has 3 aromatic rings. The maximum atomic E-state index is 11.5. The normalized spacial score (nSPS) is 11.8. The van der Waals surface area contributed by atoms with Crippen LogP contribution in [0.2, 0.25) is 5.02 Å². The molecular weight excluding hydrogens is 484 g/mol. The smallest absolute Gasteiger partial charge is 0.341 e. The summed E-state index contributed by atoms with van der Waals surface area (Å²) >= 11 is 7.75. The highest BCUT2D eigenvalue weighted by Crippen LogP contribution is 2.32. The van der Waals surface area contributed by atoms with Crippen LogP contribution in [-0.4, -0.2) is 38.1 Å². The fraction of sp³-hybridized carbons (Fsp3) is 0.125. The van der Waals surface area contributed by atoms with Gasteiger partial charge in [-0.15, -0.1) is 11.8 Å². The maximum absolute atomic E-state index is 11.5. The van der Waals surface area contributed by atoms with E-state index in [4.69, 9.17) is 25.6 Å². The van der Waals surface area contributed by atoms with E-state index in [9.17, 15) is 13.2 Å². The molecule has 9 heteroatoms. The summed E-state index contributed by atoms with van der Waals surface area (Å²) < 4.78 is 33.2. The fourth-order valence-electron chi connectivity index (χ4n) is 2.96. The molecule has 0 heterocycles. The first-order chi connectivity index (χ1) is 15.7. The Bertz CT molecular complexity index is 1260. The Morgan fingerprint density at radius 2 is 1.76 bits per heavy atom. The van der Waals surface area contributed by atoms with E-state index >= 15 is 0 Å². The van der Waals surface area contributed by atoms with Gasteiger partial charge in [-0.25, -0.2) is 4.79 Å². The van der Waals surface area contributed by atoms with Gasteiger partial charge in [0, 0.05) is 10.6 Å². The third kappa shape index (κ3) is 7.85.